The molecule has 1 fully saturated rings. The van der Waals surface area contributed by atoms with E-state index in [-0.39, 0.29) is 5.91 Å². The summed E-state index contributed by atoms with van der Waals surface area (Å²) in [7, 11) is 0. The summed E-state index contributed by atoms with van der Waals surface area (Å²) in [5.74, 6) is 1.10. The average molecular weight is 341 g/mol. The minimum Gasteiger partial charge on any atom is -0.351 e. The largest absolute Gasteiger partial charge is 0.351 e. The molecule has 1 saturated heterocycles. The first-order chi connectivity index (χ1) is 12.2. The topological polar surface area (TPSA) is 63.1 Å². The SMILES string of the molecule is CCCn1ccnc1CN1CCC[C@H]1c1cccc(CNC(C)=O)n1. The van der Waals surface area contributed by atoms with Crippen LogP contribution >= 0.6 is 0 Å². The Morgan fingerprint density at radius 1 is 1.40 bits per heavy atom. The zero-order valence-electron chi connectivity index (χ0n) is 15.1. The van der Waals surface area contributed by atoms with Gasteiger partial charge in [0.2, 0.25) is 5.91 Å². The van der Waals surface area contributed by atoms with E-state index in [1.54, 1.807) is 0 Å². The van der Waals surface area contributed by atoms with Gasteiger partial charge in [-0.1, -0.05) is 13.0 Å². The minimum absolute atomic E-state index is 0.0301. The van der Waals surface area contributed by atoms with Crippen molar-refractivity contribution in [3.8, 4) is 0 Å². The summed E-state index contributed by atoms with van der Waals surface area (Å²) >= 11 is 0. The standard InChI is InChI=1S/C19H27N5O/c1-3-10-23-12-9-20-19(23)14-24-11-5-8-18(24)17-7-4-6-16(22-17)13-21-15(2)25/h4,6-7,9,12,18H,3,5,8,10-11,13-14H2,1-2H3,(H,21,25)/t18-/m0/s1. The lowest BCUT2D eigenvalue weighted by Crippen LogP contribution is -2.26. The summed E-state index contributed by atoms with van der Waals surface area (Å²) in [5, 5.41) is 2.82. The van der Waals surface area contributed by atoms with Gasteiger partial charge in [-0.15, -0.1) is 0 Å². The molecule has 0 bridgehead atoms. The first-order valence-corrected chi connectivity index (χ1v) is 9.11. The van der Waals surface area contributed by atoms with Crippen molar-refractivity contribution >= 4 is 5.91 Å². The van der Waals surface area contributed by atoms with Crippen LogP contribution in [0.5, 0.6) is 0 Å². The molecule has 0 radical (unpaired) electrons. The lowest BCUT2D eigenvalue weighted by Gasteiger charge is -2.24. The first-order valence-electron chi connectivity index (χ1n) is 9.11. The van der Waals surface area contributed by atoms with Gasteiger partial charge in [0.25, 0.3) is 0 Å². The van der Waals surface area contributed by atoms with Gasteiger partial charge in [0, 0.05) is 25.9 Å². The number of likely N-dealkylation sites (tertiary alicyclic amines) is 1. The number of aromatic nitrogens is 3. The van der Waals surface area contributed by atoms with E-state index in [4.69, 9.17) is 4.98 Å². The molecule has 25 heavy (non-hydrogen) atoms. The van der Waals surface area contributed by atoms with Crippen molar-refractivity contribution in [2.45, 2.75) is 58.8 Å². The summed E-state index contributed by atoms with van der Waals surface area (Å²) in [5.41, 5.74) is 2.00. The minimum atomic E-state index is -0.0301. The summed E-state index contributed by atoms with van der Waals surface area (Å²) in [4.78, 5) is 22.9. The maximum Gasteiger partial charge on any atom is 0.217 e. The molecule has 6 nitrogen and oxygen atoms in total. The third kappa shape index (κ3) is 4.45. The lowest BCUT2D eigenvalue weighted by atomic mass is 10.1. The molecular formula is C19H27N5O. The third-order valence-corrected chi connectivity index (χ3v) is 4.66. The maximum absolute atomic E-state index is 11.1. The molecule has 2 aromatic rings. The number of pyridine rings is 1. The van der Waals surface area contributed by atoms with Gasteiger partial charge in [-0.3, -0.25) is 14.7 Å². The predicted molar refractivity (Wildman–Crippen MR) is 96.7 cm³/mol. The predicted octanol–water partition coefficient (Wildman–Crippen LogP) is 2.66. The van der Waals surface area contributed by atoms with E-state index in [2.05, 4.69) is 39.0 Å². The maximum atomic E-state index is 11.1. The quantitative estimate of drug-likeness (QED) is 0.841. The zero-order chi connectivity index (χ0) is 17.6. The highest BCUT2D eigenvalue weighted by Gasteiger charge is 2.28. The molecule has 0 aromatic carbocycles. The number of carbonyl (C=O) groups excluding carboxylic acids is 1. The monoisotopic (exact) mass is 341 g/mol. The Hall–Kier alpha value is -2.21. The van der Waals surface area contributed by atoms with E-state index in [0.717, 1.165) is 49.7 Å². The normalized spacial score (nSPS) is 17.8. The van der Waals surface area contributed by atoms with E-state index in [1.165, 1.54) is 13.3 Å². The van der Waals surface area contributed by atoms with Crippen LogP contribution in [-0.2, 0) is 24.4 Å². The van der Waals surface area contributed by atoms with Crippen molar-refractivity contribution in [1.29, 1.82) is 0 Å². The Kier molecular flexibility index (Phi) is 5.81. The number of amides is 1. The number of carbonyl (C=O) groups is 1. The smallest absolute Gasteiger partial charge is 0.217 e. The molecule has 3 rings (SSSR count). The highest BCUT2D eigenvalue weighted by atomic mass is 16.1. The van der Waals surface area contributed by atoms with Crippen LogP contribution in [0.25, 0.3) is 0 Å². The second-order valence-electron chi connectivity index (χ2n) is 6.63. The van der Waals surface area contributed by atoms with Crippen LogP contribution in [-0.4, -0.2) is 31.9 Å². The van der Waals surface area contributed by atoms with Crippen LogP contribution < -0.4 is 5.32 Å². The molecule has 6 heteroatoms. The van der Waals surface area contributed by atoms with Crippen LogP contribution in [0.2, 0.25) is 0 Å². The molecule has 1 N–H and O–H groups in total. The van der Waals surface area contributed by atoms with Gasteiger partial charge in [0.1, 0.15) is 5.82 Å². The molecule has 1 aliphatic rings. The van der Waals surface area contributed by atoms with Crippen molar-refractivity contribution < 1.29 is 4.79 Å². The van der Waals surface area contributed by atoms with Gasteiger partial charge >= 0.3 is 0 Å². The molecule has 0 aliphatic carbocycles. The first kappa shape index (κ1) is 17.6. The van der Waals surface area contributed by atoms with Crippen molar-refractivity contribution in [1.82, 2.24) is 24.8 Å². The Labute approximate surface area is 149 Å². The van der Waals surface area contributed by atoms with Crippen LogP contribution in [0.3, 0.4) is 0 Å². The van der Waals surface area contributed by atoms with Gasteiger partial charge < -0.3 is 9.88 Å². The molecular weight excluding hydrogens is 314 g/mol. The number of rotatable bonds is 7. The van der Waals surface area contributed by atoms with Gasteiger partial charge in [0.05, 0.1) is 30.5 Å². The summed E-state index contributed by atoms with van der Waals surface area (Å²) in [6.45, 7) is 7.14. The van der Waals surface area contributed by atoms with Crippen LogP contribution in [0.15, 0.2) is 30.6 Å². The highest BCUT2D eigenvalue weighted by Crippen LogP contribution is 2.32. The lowest BCUT2D eigenvalue weighted by molar-refractivity contribution is -0.119. The molecule has 2 aromatic heterocycles. The van der Waals surface area contributed by atoms with Crippen LogP contribution in [0, 0.1) is 0 Å². The van der Waals surface area contributed by atoms with Gasteiger partial charge in [-0.2, -0.15) is 0 Å². The molecule has 134 valence electrons. The Balaban J connectivity index is 1.72. The van der Waals surface area contributed by atoms with Crippen LogP contribution in [0.4, 0.5) is 0 Å². The summed E-state index contributed by atoms with van der Waals surface area (Å²) < 4.78 is 2.25. The second kappa shape index (κ2) is 8.25. The number of aryl methyl sites for hydroxylation is 1. The molecule has 1 atom stereocenters. The molecule has 1 aliphatic heterocycles. The summed E-state index contributed by atoms with van der Waals surface area (Å²) in [6, 6.07) is 6.42. The van der Waals surface area contributed by atoms with Crippen molar-refractivity contribution in [3.63, 3.8) is 0 Å². The van der Waals surface area contributed by atoms with Gasteiger partial charge in [-0.25, -0.2) is 4.98 Å². The Bertz CT molecular complexity index is 711. The van der Waals surface area contributed by atoms with E-state index >= 15 is 0 Å². The second-order valence-corrected chi connectivity index (χ2v) is 6.63. The molecule has 0 saturated carbocycles. The number of nitrogens with zero attached hydrogens (tertiary/aromatic N) is 4. The van der Waals surface area contributed by atoms with E-state index < -0.39 is 0 Å². The van der Waals surface area contributed by atoms with Gasteiger partial charge in [0.15, 0.2) is 0 Å². The van der Waals surface area contributed by atoms with Crippen molar-refractivity contribution in [2.24, 2.45) is 0 Å². The van der Waals surface area contributed by atoms with E-state index in [1.807, 2.05) is 18.3 Å². The number of hydrogen-bond donors (Lipinski definition) is 1. The highest BCUT2D eigenvalue weighted by molar-refractivity contribution is 5.72. The fourth-order valence-electron chi connectivity index (χ4n) is 3.47. The molecule has 0 unspecified atom stereocenters. The van der Waals surface area contributed by atoms with Crippen molar-refractivity contribution in [3.05, 3.63) is 47.8 Å². The van der Waals surface area contributed by atoms with Crippen molar-refractivity contribution in [2.75, 3.05) is 6.54 Å². The van der Waals surface area contributed by atoms with Crippen LogP contribution in [0.1, 0.15) is 56.4 Å². The fraction of sp³-hybridized carbons (Fsp3) is 0.526. The Morgan fingerprint density at radius 3 is 3.08 bits per heavy atom. The summed E-state index contributed by atoms with van der Waals surface area (Å²) in [6.07, 6.45) is 7.36. The van der Waals surface area contributed by atoms with E-state index in [0.29, 0.717) is 12.6 Å². The average Bonchev–Trinajstić information content (AvgIpc) is 3.24. The molecule has 1 amide bonds. The number of nitrogens with one attached hydrogen (secondary N) is 1. The number of imidazole rings is 1. The molecule has 3 heterocycles. The third-order valence-electron chi connectivity index (χ3n) is 4.66. The zero-order valence-corrected chi connectivity index (χ0v) is 15.1. The van der Waals surface area contributed by atoms with E-state index in [9.17, 15) is 4.79 Å². The fourth-order valence-corrected chi connectivity index (χ4v) is 3.47. The molecule has 0 spiro atoms. The Morgan fingerprint density at radius 2 is 2.28 bits per heavy atom. The van der Waals surface area contributed by atoms with Gasteiger partial charge in [-0.05, 0) is 37.9 Å². The number of hydrogen-bond acceptors (Lipinski definition) is 4.